The SMILES string of the molecule is CCCC(O)(CC)C1(C#N)CCC(C(C)C)CC1. The molecule has 0 spiro atoms. The van der Waals surface area contributed by atoms with Crippen molar-refractivity contribution in [3.05, 3.63) is 0 Å². The quantitative estimate of drug-likeness (QED) is 0.792. The summed E-state index contributed by atoms with van der Waals surface area (Å²) in [6.45, 7) is 8.64. The number of rotatable bonds is 5. The summed E-state index contributed by atoms with van der Waals surface area (Å²) in [6.07, 6.45) is 6.33. The number of hydrogen-bond acceptors (Lipinski definition) is 2. The van der Waals surface area contributed by atoms with Crippen LogP contribution in [0.15, 0.2) is 0 Å². The van der Waals surface area contributed by atoms with Gasteiger partial charge >= 0.3 is 0 Å². The Morgan fingerprint density at radius 2 is 1.89 bits per heavy atom. The molecule has 0 aliphatic heterocycles. The van der Waals surface area contributed by atoms with E-state index in [1.165, 1.54) is 0 Å². The van der Waals surface area contributed by atoms with Gasteiger partial charge in [0.15, 0.2) is 0 Å². The molecule has 0 aromatic carbocycles. The second kappa shape index (κ2) is 6.06. The van der Waals surface area contributed by atoms with Crippen LogP contribution in [0.25, 0.3) is 0 Å². The predicted molar refractivity (Wildman–Crippen MR) is 75.0 cm³/mol. The maximum absolute atomic E-state index is 10.9. The minimum absolute atomic E-state index is 0.497. The first-order valence-corrected chi connectivity index (χ1v) is 7.58. The monoisotopic (exact) mass is 251 g/mol. The summed E-state index contributed by atoms with van der Waals surface area (Å²) in [7, 11) is 0. The Balaban J connectivity index is 2.86. The van der Waals surface area contributed by atoms with Crippen LogP contribution >= 0.6 is 0 Å². The van der Waals surface area contributed by atoms with Crippen molar-refractivity contribution < 1.29 is 5.11 Å². The van der Waals surface area contributed by atoms with E-state index in [2.05, 4.69) is 26.8 Å². The van der Waals surface area contributed by atoms with Crippen LogP contribution in [0.1, 0.15) is 72.6 Å². The lowest BCUT2D eigenvalue weighted by Crippen LogP contribution is -2.49. The molecule has 0 amide bonds. The van der Waals surface area contributed by atoms with E-state index in [0.717, 1.165) is 44.4 Å². The molecule has 0 bridgehead atoms. The Morgan fingerprint density at radius 3 is 2.22 bits per heavy atom. The second-order valence-electron chi connectivity index (χ2n) is 6.41. The molecule has 104 valence electrons. The summed E-state index contributed by atoms with van der Waals surface area (Å²) < 4.78 is 0. The van der Waals surface area contributed by atoms with Crippen LogP contribution in [0.3, 0.4) is 0 Å². The van der Waals surface area contributed by atoms with Gasteiger partial charge in [-0.3, -0.25) is 0 Å². The van der Waals surface area contributed by atoms with Gasteiger partial charge in [0.1, 0.15) is 0 Å². The minimum atomic E-state index is -0.779. The van der Waals surface area contributed by atoms with Crippen LogP contribution in [-0.4, -0.2) is 10.7 Å². The maximum Gasteiger partial charge on any atom is 0.0860 e. The van der Waals surface area contributed by atoms with Crippen LogP contribution in [0.4, 0.5) is 0 Å². The van der Waals surface area contributed by atoms with Crippen LogP contribution in [0.5, 0.6) is 0 Å². The molecule has 1 aliphatic carbocycles. The van der Waals surface area contributed by atoms with E-state index in [1.54, 1.807) is 0 Å². The van der Waals surface area contributed by atoms with Gasteiger partial charge < -0.3 is 5.11 Å². The molecule has 1 aliphatic rings. The molecule has 18 heavy (non-hydrogen) atoms. The zero-order chi connectivity index (χ0) is 13.8. The fourth-order valence-electron chi connectivity index (χ4n) is 3.65. The Morgan fingerprint density at radius 1 is 1.33 bits per heavy atom. The summed E-state index contributed by atoms with van der Waals surface area (Å²) in [6, 6.07) is 2.50. The number of aliphatic hydroxyl groups is 1. The lowest BCUT2D eigenvalue weighted by molar-refractivity contribution is -0.0892. The molecule has 1 atom stereocenters. The van der Waals surface area contributed by atoms with Crippen LogP contribution < -0.4 is 0 Å². The molecule has 0 heterocycles. The van der Waals surface area contributed by atoms with Gasteiger partial charge in [-0.05, 0) is 50.4 Å². The van der Waals surface area contributed by atoms with Gasteiger partial charge in [0.05, 0.1) is 17.1 Å². The summed E-state index contributed by atoms with van der Waals surface area (Å²) >= 11 is 0. The molecular formula is C16H29NO. The van der Waals surface area contributed by atoms with Gasteiger partial charge in [-0.25, -0.2) is 0 Å². The molecule has 2 heteroatoms. The molecule has 0 aromatic rings. The van der Waals surface area contributed by atoms with Crippen LogP contribution in [0.2, 0.25) is 0 Å². The molecular weight excluding hydrogens is 222 g/mol. The summed E-state index contributed by atoms with van der Waals surface area (Å²) in [5.41, 5.74) is -1.28. The number of hydrogen-bond donors (Lipinski definition) is 1. The number of nitrogens with zero attached hydrogens (tertiary/aromatic N) is 1. The lowest BCUT2D eigenvalue weighted by atomic mass is 9.59. The van der Waals surface area contributed by atoms with Crippen molar-refractivity contribution >= 4 is 0 Å². The number of nitriles is 1. The highest BCUT2D eigenvalue weighted by Crippen LogP contribution is 2.50. The zero-order valence-corrected chi connectivity index (χ0v) is 12.5. The first kappa shape index (κ1) is 15.5. The van der Waals surface area contributed by atoms with Crippen LogP contribution in [0, 0.1) is 28.6 Å². The average Bonchev–Trinajstić information content (AvgIpc) is 2.38. The molecule has 1 rings (SSSR count). The highest BCUT2D eigenvalue weighted by atomic mass is 16.3. The zero-order valence-electron chi connectivity index (χ0n) is 12.5. The van der Waals surface area contributed by atoms with E-state index in [-0.39, 0.29) is 0 Å². The molecule has 0 aromatic heterocycles. The van der Waals surface area contributed by atoms with Crippen molar-refractivity contribution in [1.82, 2.24) is 0 Å². The standard InChI is InChI=1S/C16H29NO/c1-5-9-16(18,6-2)15(12-17)10-7-14(8-11-15)13(3)4/h13-14,18H,5-11H2,1-4H3. The Hall–Kier alpha value is -0.550. The van der Waals surface area contributed by atoms with E-state index >= 15 is 0 Å². The maximum atomic E-state index is 10.9. The molecule has 2 nitrogen and oxygen atoms in total. The fraction of sp³-hybridized carbons (Fsp3) is 0.938. The molecule has 1 fully saturated rings. The third kappa shape index (κ3) is 2.72. The third-order valence-corrected chi connectivity index (χ3v) is 5.18. The van der Waals surface area contributed by atoms with E-state index < -0.39 is 11.0 Å². The van der Waals surface area contributed by atoms with Gasteiger partial charge in [-0.2, -0.15) is 5.26 Å². The Bertz CT molecular complexity index is 297. The van der Waals surface area contributed by atoms with Gasteiger partial charge in [-0.1, -0.05) is 34.1 Å². The van der Waals surface area contributed by atoms with E-state index in [0.29, 0.717) is 12.3 Å². The van der Waals surface area contributed by atoms with Crippen molar-refractivity contribution in [2.45, 2.75) is 78.2 Å². The fourth-order valence-corrected chi connectivity index (χ4v) is 3.65. The summed E-state index contributed by atoms with van der Waals surface area (Å²) in [5, 5.41) is 20.5. The molecule has 1 saturated carbocycles. The molecule has 0 radical (unpaired) electrons. The van der Waals surface area contributed by atoms with Crippen molar-refractivity contribution in [2.24, 2.45) is 17.3 Å². The summed E-state index contributed by atoms with van der Waals surface area (Å²) in [4.78, 5) is 0. The third-order valence-electron chi connectivity index (χ3n) is 5.18. The van der Waals surface area contributed by atoms with E-state index in [4.69, 9.17) is 0 Å². The Labute approximate surface area is 112 Å². The van der Waals surface area contributed by atoms with Crippen LogP contribution in [-0.2, 0) is 0 Å². The first-order chi connectivity index (χ1) is 8.44. The van der Waals surface area contributed by atoms with Gasteiger partial charge in [-0.15, -0.1) is 0 Å². The summed E-state index contributed by atoms with van der Waals surface area (Å²) in [5.74, 6) is 1.43. The van der Waals surface area contributed by atoms with Gasteiger partial charge in [0.2, 0.25) is 0 Å². The largest absolute Gasteiger partial charge is 0.388 e. The van der Waals surface area contributed by atoms with E-state index in [9.17, 15) is 10.4 Å². The Kier molecular flexibility index (Phi) is 5.22. The smallest absolute Gasteiger partial charge is 0.0860 e. The second-order valence-corrected chi connectivity index (χ2v) is 6.41. The predicted octanol–water partition coefficient (Wildman–Crippen LogP) is 4.28. The van der Waals surface area contributed by atoms with E-state index in [1.807, 2.05) is 6.92 Å². The molecule has 1 unspecified atom stereocenters. The van der Waals surface area contributed by atoms with Crippen molar-refractivity contribution in [1.29, 1.82) is 5.26 Å². The first-order valence-electron chi connectivity index (χ1n) is 7.58. The topological polar surface area (TPSA) is 44.0 Å². The lowest BCUT2D eigenvalue weighted by Gasteiger charge is -2.47. The highest BCUT2D eigenvalue weighted by molar-refractivity contribution is 5.12. The highest BCUT2D eigenvalue weighted by Gasteiger charge is 2.50. The molecule has 0 saturated heterocycles. The molecule has 1 N–H and O–H groups in total. The average molecular weight is 251 g/mol. The minimum Gasteiger partial charge on any atom is -0.388 e. The van der Waals surface area contributed by atoms with Crippen molar-refractivity contribution in [2.75, 3.05) is 0 Å². The van der Waals surface area contributed by atoms with Gasteiger partial charge in [0.25, 0.3) is 0 Å². The van der Waals surface area contributed by atoms with Crippen molar-refractivity contribution in [3.8, 4) is 6.07 Å². The van der Waals surface area contributed by atoms with Crippen molar-refractivity contribution in [3.63, 3.8) is 0 Å². The van der Waals surface area contributed by atoms with Gasteiger partial charge in [0, 0.05) is 0 Å². The normalized spacial score (nSPS) is 31.9.